The van der Waals surface area contributed by atoms with Gasteiger partial charge in [-0.15, -0.1) is 0 Å². The fourth-order valence-corrected chi connectivity index (χ4v) is 4.02. The minimum Gasteiger partial charge on any atom is -0.323 e. The molecule has 0 bridgehead atoms. The van der Waals surface area contributed by atoms with Crippen LogP contribution in [-0.4, -0.2) is 49.0 Å². The third-order valence-corrected chi connectivity index (χ3v) is 5.69. The van der Waals surface area contributed by atoms with Gasteiger partial charge in [0.15, 0.2) is 0 Å². The summed E-state index contributed by atoms with van der Waals surface area (Å²) >= 11 is 6.63. The Morgan fingerprint density at radius 3 is 2.38 bits per heavy atom. The number of imide groups is 1. The van der Waals surface area contributed by atoms with Crippen molar-refractivity contribution in [1.29, 1.82) is 0 Å². The second kappa shape index (κ2) is 7.75. The van der Waals surface area contributed by atoms with Crippen molar-refractivity contribution < 1.29 is 14.4 Å². The van der Waals surface area contributed by atoms with Crippen LogP contribution in [0.1, 0.15) is 13.3 Å². The Balaban J connectivity index is 1.60. The van der Waals surface area contributed by atoms with Crippen LogP contribution in [0.2, 0.25) is 5.02 Å². The molecule has 8 heteroatoms. The molecule has 0 unspecified atom stereocenters. The Bertz CT molecular complexity index is 976. The zero-order chi connectivity index (χ0) is 20.5. The van der Waals surface area contributed by atoms with Crippen LogP contribution in [0.4, 0.5) is 21.0 Å². The number of nitrogens with zero attached hydrogens (tertiary/aromatic N) is 3. The molecule has 0 aliphatic carbocycles. The van der Waals surface area contributed by atoms with Gasteiger partial charge in [0.1, 0.15) is 0 Å². The number of hydrogen-bond donors (Lipinski definition) is 1. The predicted octanol–water partition coefficient (Wildman–Crippen LogP) is 3.72. The van der Waals surface area contributed by atoms with E-state index in [-0.39, 0.29) is 24.9 Å². The van der Waals surface area contributed by atoms with Gasteiger partial charge in [0, 0.05) is 43.9 Å². The number of carbonyl (C=O) groups is 3. The van der Waals surface area contributed by atoms with E-state index in [9.17, 15) is 14.4 Å². The maximum absolute atomic E-state index is 12.4. The fourth-order valence-electron chi connectivity index (χ4n) is 3.68. The molecule has 2 fully saturated rings. The van der Waals surface area contributed by atoms with E-state index < -0.39 is 6.03 Å². The van der Waals surface area contributed by atoms with E-state index in [2.05, 4.69) is 5.32 Å². The van der Waals surface area contributed by atoms with Gasteiger partial charge in [-0.1, -0.05) is 35.9 Å². The van der Waals surface area contributed by atoms with E-state index in [1.807, 2.05) is 48.2 Å². The Labute approximate surface area is 173 Å². The van der Waals surface area contributed by atoms with Gasteiger partial charge < -0.3 is 4.90 Å². The SMILES string of the molecule is CCN1CCN(c2ccc(-c3cccc(N4CCC(=O)NC4=O)c3Cl)cc2)C1=O. The number of urea groups is 2. The Hall–Kier alpha value is -3.06. The highest BCUT2D eigenvalue weighted by molar-refractivity contribution is 6.36. The average molecular weight is 413 g/mol. The highest BCUT2D eigenvalue weighted by atomic mass is 35.5. The maximum atomic E-state index is 12.4. The third-order valence-electron chi connectivity index (χ3n) is 5.29. The molecule has 0 saturated carbocycles. The predicted molar refractivity (Wildman–Crippen MR) is 112 cm³/mol. The number of halogens is 1. The summed E-state index contributed by atoms with van der Waals surface area (Å²) < 4.78 is 0. The smallest absolute Gasteiger partial charge is 0.323 e. The Morgan fingerprint density at radius 1 is 0.966 bits per heavy atom. The van der Waals surface area contributed by atoms with Crippen LogP contribution in [-0.2, 0) is 4.79 Å². The van der Waals surface area contributed by atoms with Crippen molar-refractivity contribution in [3.63, 3.8) is 0 Å². The lowest BCUT2D eigenvalue weighted by Crippen LogP contribution is -2.49. The van der Waals surface area contributed by atoms with Crippen LogP contribution < -0.4 is 15.1 Å². The van der Waals surface area contributed by atoms with Crippen molar-refractivity contribution in [2.24, 2.45) is 0 Å². The first-order valence-corrected chi connectivity index (χ1v) is 9.94. The van der Waals surface area contributed by atoms with Crippen molar-refractivity contribution in [2.45, 2.75) is 13.3 Å². The summed E-state index contributed by atoms with van der Waals surface area (Å²) in [4.78, 5) is 41.0. The lowest BCUT2D eigenvalue weighted by molar-refractivity contribution is -0.120. The van der Waals surface area contributed by atoms with Crippen LogP contribution in [0.5, 0.6) is 0 Å². The molecule has 5 amide bonds. The topological polar surface area (TPSA) is 73.0 Å². The van der Waals surface area contributed by atoms with E-state index in [4.69, 9.17) is 11.6 Å². The summed E-state index contributed by atoms with van der Waals surface area (Å²) in [7, 11) is 0. The summed E-state index contributed by atoms with van der Waals surface area (Å²) in [6.45, 7) is 4.36. The van der Waals surface area contributed by atoms with E-state index in [0.29, 0.717) is 23.8 Å². The molecule has 0 atom stereocenters. The summed E-state index contributed by atoms with van der Waals surface area (Å²) in [5, 5.41) is 2.76. The van der Waals surface area contributed by atoms with E-state index in [1.165, 1.54) is 4.90 Å². The van der Waals surface area contributed by atoms with Gasteiger partial charge in [-0.2, -0.15) is 0 Å². The highest BCUT2D eigenvalue weighted by Gasteiger charge is 2.29. The first-order valence-electron chi connectivity index (χ1n) is 9.56. The van der Waals surface area contributed by atoms with Gasteiger partial charge >= 0.3 is 12.1 Å². The molecule has 2 aliphatic rings. The standard InChI is InChI=1S/C21H21ClN4O3/c1-2-24-12-13-25(21(24)29)15-8-6-14(7-9-15)16-4-3-5-17(19(16)22)26-11-10-18(27)23-20(26)28/h3-9H,2,10-13H2,1H3,(H,23,27,28). The van der Waals surface area contributed by atoms with Crippen molar-refractivity contribution >= 4 is 40.9 Å². The van der Waals surface area contributed by atoms with Gasteiger partial charge in [0.25, 0.3) is 0 Å². The zero-order valence-corrected chi connectivity index (χ0v) is 16.8. The molecule has 2 aromatic rings. The molecule has 0 spiro atoms. The van der Waals surface area contributed by atoms with Crippen LogP contribution in [0, 0.1) is 0 Å². The van der Waals surface area contributed by atoms with Crippen LogP contribution in [0.15, 0.2) is 42.5 Å². The lowest BCUT2D eigenvalue weighted by atomic mass is 10.0. The van der Waals surface area contributed by atoms with Crippen molar-refractivity contribution in [3.8, 4) is 11.1 Å². The molecule has 1 N–H and O–H groups in total. The largest absolute Gasteiger partial charge is 0.328 e. The Kier molecular flexibility index (Phi) is 5.15. The van der Waals surface area contributed by atoms with Gasteiger partial charge in [-0.25, -0.2) is 9.59 Å². The number of nitrogens with one attached hydrogen (secondary N) is 1. The second-order valence-corrected chi connectivity index (χ2v) is 7.33. The molecule has 2 aromatic carbocycles. The Morgan fingerprint density at radius 2 is 1.72 bits per heavy atom. The molecule has 2 heterocycles. The van der Waals surface area contributed by atoms with E-state index in [0.717, 1.165) is 23.4 Å². The molecule has 29 heavy (non-hydrogen) atoms. The molecule has 2 saturated heterocycles. The number of likely N-dealkylation sites (N-methyl/N-ethyl adjacent to an activating group) is 1. The van der Waals surface area contributed by atoms with Gasteiger partial charge in [-0.3, -0.25) is 19.9 Å². The molecule has 7 nitrogen and oxygen atoms in total. The summed E-state index contributed by atoms with van der Waals surface area (Å²) in [6, 6.07) is 12.7. The average Bonchev–Trinajstić information content (AvgIpc) is 3.09. The minimum absolute atomic E-state index is 0.0194. The first-order chi connectivity index (χ1) is 14.0. The van der Waals surface area contributed by atoms with Crippen LogP contribution in [0.3, 0.4) is 0 Å². The van der Waals surface area contributed by atoms with Crippen molar-refractivity contribution in [2.75, 3.05) is 36.0 Å². The van der Waals surface area contributed by atoms with Crippen LogP contribution in [0.25, 0.3) is 11.1 Å². The molecule has 0 radical (unpaired) electrons. The summed E-state index contributed by atoms with van der Waals surface area (Å²) in [5.74, 6) is -0.285. The molecule has 150 valence electrons. The lowest BCUT2D eigenvalue weighted by Gasteiger charge is -2.28. The maximum Gasteiger partial charge on any atom is 0.328 e. The molecule has 4 rings (SSSR count). The molecule has 0 aromatic heterocycles. The molecular formula is C21H21ClN4O3. The number of hydrogen-bond acceptors (Lipinski definition) is 3. The third kappa shape index (κ3) is 3.53. The normalized spacial score (nSPS) is 17.2. The second-order valence-electron chi connectivity index (χ2n) is 6.95. The van der Waals surface area contributed by atoms with E-state index in [1.54, 1.807) is 11.0 Å². The van der Waals surface area contributed by atoms with Crippen molar-refractivity contribution in [3.05, 3.63) is 47.5 Å². The number of anilines is 2. The highest BCUT2D eigenvalue weighted by Crippen LogP contribution is 2.37. The zero-order valence-electron chi connectivity index (χ0n) is 16.0. The summed E-state index contributed by atoms with van der Waals surface area (Å²) in [5.41, 5.74) is 3.07. The molecular weight excluding hydrogens is 392 g/mol. The first kappa shape index (κ1) is 19.3. The monoisotopic (exact) mass is 412 g/mol. The van der Waals surface area contributed by atoms with Gasteiger partial charge in [0.05, 0.1) is 10.7 Å². The number of rotatable bonds is 4. The van der Waals surface area contributed by atoms with Gasteiger partial charge in [0.2, 0.25) is 5.91 Å². The van der Waals surface area contributed by atoms with Crippen LogP contribution >= 0.6 is 11.6 Å². The fraction of sp³-hybridized carbons (Fsp3) is 0.286. The van der Waals surface area contributed by atoms with E-state index >= 15 is 0 Å². The number of benzene rings is 2. The minimum atomic E-state index is -0.469. The molecule has 2 aliphatic heterocycles. The van der Waals surface area contributed by atoms with Gasteiger partial charge in [-0.05, 0) is 30.7 Å². The van der Waals surface area contributed by atoms with Crippen molar-refractivity contribution in [1.82, 2.24) is 10.2 Å². The number of carbonyl (C=O) groups excluding carboxylic acids is 3. The number of amides is 5. The quantitative estimate of drug-likeness (QED) is 0.831. The summed E-state index contributed by atoms with van der Waals surface area (Å²) in [6.07, 6.45) is 0.236.